The van der Waals surface area contributed by atoms with Gasteiger partial charge in [-0.3, -0.25) is 0 Å². The minimum absolute atomic E-state index is 0.337. The lowest BCUT2D eigenvalue weighted by atomic mass is 10.0. The van der Waals surface area contributed by atoms with Gasteiger partial charge in [0.2, 0.25) is 0 Å². The average Bonchev–Trinajstić information content (AvgIpc) is 2.61. The summed E-state index contributed by atoms with van der Waals surface area (Å²) < 4.78 is 36.9. The maximum absolute atomic E-state index is 12.3. The van der Waals surface area contributed by atoms with Crippen molar-refractivity contribution in [3.63, 3.8) is 0 Å². The third-order valence-corrected chi connectivity index (χ3v) is 3.36. The average molecular weight is 252 g/mol. The minimum atomic E-state index is -4.36. The number of nitrogens with zero attached hydrogens (tertiary/aromatic N) is 1. The van der Waals surface area contributed by atoms with Crippen molar-refractivity contribution in [3.8, 4) is 0 Å². The minimum Gasteiger partial charge on any atom is -0.323 e. The summed E-state index contributed by atoms with van der Waals surface area (Å²) in [6, 6.07) is -0.337. The maximum Gasteiger partial charge on any atom is 0.443 e. The SMILES string of the molecule is CC(C)CCC(N)c1cnc(C(F)(F)F)s1. The molecule has 0 aliphatic rings. The molecule has 1 aromatic heterocycles. The van der Waals surface area contributed by atoms with E-state index < -0.39 is 11.2 Å². The molecule has 1 atom stereocenters. The Morgan fingerprint density at radius 3 is 2.44 bits per heavy atom. The van der Waals surface area contributed by atoms with Gasteiger partial charge in [0.05, 0.1) is 0 Å². The molecule has 1 heterocycles. The Balaban J connectivity index is 2.63. The van der Waals surface area contributed by atoms with E-state index in [-0.39, 0.29) is 6.04 Å². The van der Waals surface area contributed by atoms with E-state index in [9.17, 15) is 13.2 Å². The van der Waals surface area contributed by atoms with Gasteiger partial charge in [0.15, 0.2) is 5.01 Å². The molecule has 0 spiro atoms. The molecule has 0 saturated heterocycles. The largest absolute Gasteiger partial charge is 0.443 e. The van der Waals surface area contributed by atoms with Gasteiger partial charge in [-0.05, 0) is 18.8 Å². The molecule has 2 N–H and O–H groups in total. The van der Waals surface area contributed by atoms with Crippen molar-refractivity contribution in [3.05, 3.63) is 16.1 Å². The molecule has 0 radical (unpaired) electrons. The zero-order valence-electron chi connectivity index (χ0n) is 9.21. The van der Waals surface area contributed by atoms with Crippen LogP contribution in [-0.4, -0.2) is 4.98 Å². The van der Waals surface area contributed by atoms with E-state index in [2.05, 4.69) is 18.8 Å². The lowest BCUT2D eigenvalue weighted by Crippen LogP contribution is -2.09. The van der Waals surface area contributed by atoms with Crippen molar-refractivity contribution in [2.75, 3.05) is 0 Å². The van der Waals surface area contributed by atoms with E-state index in [1.165, 1.54) is 6.20 Å². The first-order valence-corrected chi connectivity index (χ1v) is 5.91. The molecule has 0 fully saturated rings. The molecule has 0 aliphatic heterocycles. The summed E-state index contributed by atoms with van der Waals surface area (Å²) in [5, 5.41) is -0.817. The second-order valence-electron chi connectivity index (χ2n) is 4.14. The quantitative estimate of drug-likeness (QED) is 0.889. The highest BCUT2D eigenvalue weighted by Gasteiger charge is 2.34. The fourth-order valence-electron chi connectivity index (χ4n) is 1.24. The fraction of sp³-hybridized carbons (Fsp3) is 0.700. The van der Waals surface area contributed by atoms with Crippen LogP contribution in [0.3, 0.4) is 0 Å². The summed E-state index contributed by atoms with van der Waals surface area (Å²) in [4.78, 5) is 3.86. The first kappa shape index (κ1) is 13.4. The molecular formula is C10H15F3N2S. The van der Waals surface area contributed by atoms with Gasteiger partial charge < -0.3 is 5.73 Å². The van der Waals surface area contributed by atoms with Gasteiger partial charge in [-0.15, -0.1) is 11.3 Å². The van der Waals surface area contributed by atoms with Gasteiger partial charge in [0, 0.05) is 17.1 Å². The third kappa shape index (κ3) is 3.75. The van der Waals surface area contributed by atoms with Crippen LogP contribution in [-0.2, 0) is 6.18 Å². The Bertz CT molecular complexity index is 333. The third-order valence-electron chi connectivity index (χ3n) is 2.19. The van der Waals surface area contributed by atoms with Gasteiger partial charge in [-0.1, -0.05) is 13.8 Å². The number of thiazole rings is 1. The molecule has 16 heavy (non-hydrogen) atoms. The van der Waals surface area contributed by atoms with Crippen LogP contribution in [0.4, 0.5) is 13.2 Å². The van der Waals surface area contributed by atoms with Crippen LogP contribution in [0.25, 0.3) is 0 Å². The molecule has 0 aliphatic carbocycles. The maximum atomic E-state index is 12.3. The Labute approximate surface area is 96.7 Å². The van der Waals surface area contributed by atoms with Gasteiger partial charge in [0.1, 0.15) is 0 Å². The Morgan fingerprint density at radius 1 is 1.38 bits per heavy atom. The van der Waals surface area contributed by atoms with Gasteiger partial charge >= 0.3 is 6.18 Å². The highest BCUT2D eigenvalue weighted by atomic mass is 32.1. The van der Waals surface area contributed by atoms with Crippen LogP contribution in [0.1, 0.15) is 42.6 Å². The fourth-order valence-corrected chi connectivity index (χ4v) is 2.06. The van der Waals surface area contributed by atoms with E-state index in [0.29, 0.717) is 28.6 Å². The predicted octanol–water partition coefficient (Wildman–Crippen LogP) is 3.60. The molecular weight excluding hydrogens is 237 g/mol. The number of aromatic nitrogens is 1. The van der Waals surface area contributed by atoms with Gasteiger partial charge in [0.25, 0.3) is 0 Å². The zero-order valence-corrected chi connectivity index (χ0v) is 10.0. The van der Waals surface area contributed by atoms with Crippen LogP contribution in [0.5, 0.6) is 0 Å². The Hall–Kier alpha value is -0.620. The first-order chi connectivity index (χ1) is 7.30. The van der Waals surface area contributed by atoms with Crippen molar-refractivity contribution >= 4 is 11.3 Å². The summed E-state index contributed by atoms with van der Waals surface area (Å²) in [6.45, 7) is 4.11. The number of hydrogen-bond donors (Lipinski definition) is 1. The van der Waals surface area contributed by atoms with Crippen LogP contribution >= 0.6 is 11.3 Å². The molecule has 1 aromatic rings. The Kier molecular flexibility index (Phi) is 4.32. The van der Waals surface area contributed by atoms with E-state index in [0.717, 1.165) is 6.42 Å². The van der Waals surface area contributed by atoms with Crippen molar-refractivity contribution in [2.24, 2.45) is 11.7 Å². The van der Waals surface area contributed by atoms with Crippen molar-refractivity contribution < 1.29 is 13.2 Å². The van der Waals surface area contributed by atoms with E-state index in [1.54, 1.807) is 0 Å². The second-order valence-corrected chi connectivity index (χ2v) is 5.21. The monoisotopic (exact) mass is 252 g/mol. The van der Waals surface area contributed by atoms with Crippen molar-refractivity contribution in [2.45, 2.75) is 38.9 Å². The van der Waals surface area contributed by atoms with E-state index in [4.69, 9.17) is 5.73 Å². The molecule has 1 rings (SSSR count). The first-order valence-electron chi connectivity index (χ1n) is 5.09. The van der Waals surface area contributed by atoms with Crippen LogP contribution in [0.2, 0.25) is 0 Å². The van der Waals surface area contributed by atoms with E-state index in [1.807, 2.05) is 0 Å². The summed E-state index contributed by atoms with van der Waals surface area (Å²) in [5.74, 6) is 0.501. The summed E-state index contributed by atoms with van der Waals surface area (Å²) in [5.41, 5.74) is 5.80. The summed E-state index contributed by atoms with van der Waals surface area (Å²) in [7, 11) is 0. The molecule has 0 bridgehead atoms. The van der Waals surface area contributed by atoms with Crippen molar-refractivity contribution in [1.82, 2.24) is 4.98 Å². The molecule has 1 unspecified atom stereocenters. The molecule has 0 saturated carbocycles. The number of hydrogen-bond acceptors (Lipinski definition) is 3. The molecule has 92 valence electrons. The molecule has 2 nitrogen and oxygen atoms in total. The van der Waals surface area contributed by atoms with Gasteiger partial charge in [-0.2, -0.15) is 13.2 Å². The number of nitrogens with two attached hydrogens (primary N) is 1. The topological polar surface area (TPSA) is 38.9 Å². The second kappa shape index (κ2) is 5.14. The van der Waals surface area contributed by atoms with Crippen LogP contribution in [0, 0.1) is 5.92 Å². The lowest BCUT2D eigenvalue weighted by Gasteiger charge is -2.10. The van der Waals surface area contributed by atoms with Crippen molar-refractivity contribution in [1.29, 1.82) is 0 Å². The van der Waals surface area contributed by atoms with Crippen LogP contribution < -0.4 is 5.73 Å². The summed E-state index contributed by atoms with van der Waals surface area (Å²) >= 11 is 0.638. The molecule has 0 amide bonds. The zero-order chi connectivity index (χ0) is 12.3. The normalized spacial score (nSPS) is 14.4. The highest BCUT2D eigenvalue weighted by Crippen LogP contribution is 2.34. The predicted molar refractivity (Wildman–Crippen MR) is 58.1 cm³/mol. The molecule has 6 heteroatoms. The number of alkyl halides is 3. The lowest BCUT2D eigenvalue weighted by molar-refractivity contribution is -0.137. The number of halogens is 3. The Morgan fingerprint density at radius 2 is 2.00 bits per heavy atom. The van der Waals surface area contributed by atoms with Gasteiger partial charge in [-0.25, -0.2) is 4.98 Å². The van der Waals surface area contributed by atoms with Crippen LogP contribution in [0.15, 0.2) is 6.20 Å². The molecule has 0 aromatic carbocycles. The highest BCUT2D eigenvalue weighted by molar-refractivity contribution is 7.11. The number of rotatable bonds is 4. The van der Waals surface area contributed by atoms with E-state index >= 15 is 0 Å². The smallest absolute Gasteiger partial charge is 0.323 e. The standard InChI is InChI=1S/C10H15F3N2S/c1-6(2)3-4-7(14)8-5-15-9(16-8)10(11,12)13/h5-7H,3-4,14H2,1-2H3. The summed E-state index contributed by atoms with van der Waals surface area (Å²) in [6.07, 6.45) is -1.53.